The van der Waals surface area contributed by atoms with Crippen LogP contribution in [0.25, 0.3) is 11.1 Å². The number of fused-ring (bicyclic) bond motifs is 1. The van der Waals surface area contributed by atoms with Crippen LogP contribution in [0.3, 0.4) is 0 Å². The molecule has 0 aliphatic heterocycles. The number of anilines is 1. The van der Waals surface area contributed by atoms with Gasteiger partial charge in [-0.2, -0.15) is 0 Å². The SMILES string of the molecule is COc1cccc2c1CCC2N(C(=O)c1ccc[nH]c1=O)c1ccc(-c2ccccc2)cc1. The quantitative estimate of drug-likeness (QED) is 0.457. The molecule has 0 saturated carbocycles. The van der Waals surface area contributed by atoms with Crippen molar-refractivity contribution in [2.24, 2.45) is 0 Å². The lowest BCUT2D eigenvalue weighted by Crippen LogP contribution is -2.37. The highest BCUT2D eigenvalue weighted by Gasteiger charge is 2.34. The van der Waals surface area contributed by atoms with Gasteiger partial charge in [-0.3, -0.25) is 9.59 Å². The minimum absolute atomic E-state index is 0.126. The number of carbonyl (C=O) groups is 1. The van der Waals surface area contributed by atoms with Crippen LogP contribution in [0.5, 0.6) is 5.75 Å². The summed E-state index contributed by atoms with van der Waals surface area (Å²) in [5.41, 5.74) is 4.84. The topological polar surface area (TPSA) is 62.4 Å². The highest BCUT2D eigenvalue weighted by molar-refractivity contribution is 6.06. The van der Waals surface area contributed by atoms with E-state index in [2.05, 4.69) is 17.1 Å². The van der Waals surface area contributed by atoms with E-state index in [1.807, 2.05) is 60.7 Å². The van der Waals surface area contributed by atoms with E-state index in [4.69, 9.17) is 4.74 Å². The molecule has 0 spiro atoms. The third kappa shape index (κ3) is 3.82. The summed E-state index contributed by atoms with van der Waals surface area (Å²) in [6.45, 7) is 0. The summed E-state index contributed by atoms with van der Waals surface area (Å²) in [7, 11) is 1.66. The van der Waals surface area contributed by atoms with Crippen LogP contribution in [0.1, 0.15) is 33.9 Å². The number of carbonyl (C=O) groups excluding carboxylic acids is 1. The second kappa shape index (κ2) is 8.79. The van der Waals surface area contributed by atoms with Crippen LogP contribution < -0.4 is 15.2 Å². The fraction of sp³-hybridized carbons (Fsp3) is 0.143. The van der Waals surface area contributed by atoms with Crippen molar-refractivity contribution in [3.05, 3.63) is 118 Å². The third-order valence-electron chi connectivity index (χ3n) is 6.25. The van der Waals surface area contributed by atoms with E-state index in [0.717, 1.165) is 46.5 Å². The molecule has 164 valence electrons. The maximum Gasteiger partial charge on any atom is 0.264 e. The Kier molecular flexibility index (Phi) is 5.53. The molecule has 5 nitrogen and oxygen atoms in total. The number of H-pyrrole nitrogens is 1. The number of aromatic nitrogens is 1. The molecular weight excluding hydrogens is 412 g/mol. The normalized spacial score (nSPS) is 14.5. The molecule has 5 rings (SSSR count). The Morgan fingerprint density at radius 3 is 2.39 bits per heavy atom. The fourth-order valence-electron chi connectivity index (χ4n) is 4.66. The van der Waals surface area contributed by atoms with Gasteiger partial charge in [-0.25, -0.2) is 0 Å². The fourth-order valence-corrected chi connectivity index (χ4v) is 4.66. The van der Waals surface area contributed by atoms with Crippen LogP contribution in [0, 0.1) is 0 Å². The number of hydrogen-bond acceptors (Lipinski definition) is 3. The van der Waals surface area contributed by atoms with E-state index < -0.39 is 5.56 Å². The predicted molar refractivity (Wildman–Crippen MR) is 130 cm³/mol. The van der Waals surface area contributed by atoms with Crippen LogP contribution in [-0.4, -0.2) is 18.0 Å². The van der Waals surface area contributed by atoms with Gasteiger partial charge in [0.1, 0.15) is 11.3 Å². The number of nitrogens with one attached hydrogen (secondary N) is 1. The summed E-state index contributed by atoms with van der Waals surface area (Å²) in [4.78, 5) is 30.6. The second-order valence-corrected chi connectivity index (χ2v) is 8.08. The van der Waals surface area contributed by atoms with Crippen molar-refractivity contribution in [1.82, 2.24) is 4.98 Å². The van der Waals surface area contributed by atoms with Gasteiger partial charge < -0.3 is 14.6 Å². The molecule has 1 unspecified atom stereocenters. The first kappa shape index (κ1) is 20.8. The summed E-state index contributed by atoms with van der Waals surface area (Å²) < 4.78 is 5.56. The van der Waals surface area contributed by atoms with Gasteiger partial charge in [0.2, 0.25) is 0 Å². The van der Waals surface area contributed by atoms with Crippen molar-refractivity contribution >= 4 is 11.6 Å². The molecular formula is C28H24N2O3. The highest BCUT2D eigenvalue weighted by Crippen LogP contribution is 2.42. The van der Waals surface area contributed by atoms with Crippen LogP contribution in [0.4, 0.5) is 5.69 Å². The Morgan fingerprint density at radius 2 is 1.67 bits per heavy atom. The van der Waals surface area contributed by atoms with Crippen LogP contribution >= 0.6 is 0 Å². The molecule has 1 heterocycles. The molecule has 0 bridgehead atoms. The average molecular weight is 437 g/mol. The Balaban J connectivity index is 1.60. The molecule has 1 amide bonds. The van der Waals surface area contributed by atoms with Gasteiger partial charge in [0.05, 0.1) is 13.2 Å². The van der Waals surface area contributed by atoms with Gasteiger partial charge in [-0.05, 0) is 65.4 Å². The molecule has 1 aliphatic carbocycles. The standard InChI is InChI=1S/C28H24N2O3/c1-33-26-11-5-9-22-23(26)16-17-25(22)30(28(32)24-10-6-18-29-27(24)31)21-14-12-20(13-15-21)19-7-3-2-4-8-19/h2-15,18,25H,16-17H2,1H3,(H,29,31). The molecule has 0 radical (unpaired) electrons. The van der Waals surface area contributed by atoms with Crippen LogP contribution in [-0.2, 0) is 6.42 Å². The number of rotatable bonds is 5. The summed E-state index contributed by atoms with van der Waals surface area (Å²) in [6, 6.07) is 27.1. The van der Waals surface area contributed by atoms with Crippen molar-refractivity contribution in [3.8, 4) is 16.9 Å². The van der Waals surface area contributed by atoms with Crippen molar-refractivity contribution in [2.45, 2.75) is 18.9 Å². The van der Waals surface area contributed by atoms with Crippen molar-refractivity contribution < 1.29 is 9.53 Å². The number of methoxy groups -OCH3 is 1. The Morgan fingerprint density at radius 1 is 0.909 bits per heavy atom. The minimum atomic E-state index is -0.391. The highest BCUT2D eigenvalue weighted by atomic mass is 16.5. The van der Waals surface area contributed by atoms with Crippen molar-refractivity contribution in [2.75, 3.05) is 12.0 Å². The molecule has 0 saturated heterocycles. The van der Waals surface area contributed by atoms with Crippen LogP contribution in [0.15, 0.2) is 95.9 Å². The van der Waals surface area contributed by atoms with Gasteiger partial charge in [-0.1, -0.05) is 54.6 Å². The van der Waals surface area contributed by atoms with Gasteiger partial charge in [0.25, 0.3) is 11.5 Å². The molecule has 4 aromatic rings. The van der Waals surface area contributed by atoms with E-state index in [0.29, 0.717) is 0 Å². The zero-order valence-electron chi connectivity index (χ0n) is 18.3. The molecule has 3 aromatic carbocycles. The molecule has 1 aliphatic rings. The average Bonchev–Trinajstić information content (AvgIpc) is 3.29. The lowest BCUT2D eigenvalue weighted by Gasteiger charge is -2.30. The van der Waals surface area contributed by atoms with E-state index in [9.17, 15) is 9.59 Å². The summed E-state index contributed by atoms with van der Waals surface area (Å²) in [6.07, 6.45) is 3.10. The smallest absolute Gasteiger partial charge is 0.264 e. The largest absolute Gasteiger partial charge is 0.496 e. The van der Waals surface area contributed by atoms with E-state index in [1.165, 1.54) is 6.20 Å². The van der Waals surface area contributed by atoms with Crippen molar-refractivity contribution in [1.29, 1.82) is 0 Å². The molecule has 0 fully saturated rings. The monoisotopic (exact) mass is 436 g/mol. The zero-order chi connectivity index (χ0) is 22.8. The van der Waals surface area contributed by atoms with E-state index in [-0.39, 0.29) is 17.5 Å². The summed E-state index contributed by atoms with van der Waals surface area (Å²) in [5.74, 6) is 0.518. The number of ether oxygens (including phenoxy) is 1. The maximum absolute atomic E-state index is 13.7. The lowest BCUT2D eigenvalue weighted by atomic mass is 10.0. The van der Waals surface area contributed by atoms with Crippen molar-refractivity contribution in [3.63, 3.8) is 0 Å². The predicted octanol–water partition coefficient (Wildman–Crippen LogP) is 5.38. The Labute approximate surface area is 192 Å². The van der Waals surface area contributed by atoms with Gasteiger partial charge in [-0.15, -0.1) is 0 Å². The van der Waals surface area contributed by atoms with Crippen LogP contribution in [0.2, 0.25) is 0 Å². The first-order chi connectivity index (χ1) is 16.2. The summed E-state index contributed by atoms with van der Waals surface area (Å²) >= 11 is 0. The number of benzene rings is 3. The first-order valence-electron chi connectivity index (χ1n) is 11.0. The molecule has 1 N–H and O–H groups in total. The number of nitrogens with zero attached hydrogens (tertiary/aromatic N) is 1. The number of amides is 1. The van der Waals surface area contributed by atoms with Gasteiger partial charge >= 0.3 is 0 Å². The molecule has 5 heteroatoms. The number of hydrogen-bond donors (Lipinski definition) is 1. The van der Waals surface area contributed by atoms with Gasteiger partial charge in [0, 0.05) is 11.9 Å². The molecule has 33 heavy (non-hydrogen) atoms. The first-order valence-corrected chi connectivity index (χ1v) is 11.0. The van der Waals surface area contributed by atoms with Gasteiger partial charge in [0.15, 0.2) is 0 Å². The Bertz CT molecular complexity index is 1340. The third-order valence-corrected chi connectivity index (χ3v) is 6.25. The van der Waals surface area contributed by atoms with E-state index >= 15 is 0 Å². The summed E-state index contributed by atoms with van der Waals surface area (Å²) in [5, 5.41) is 0. The number of aromatic amines is 1. The lowest BCUT2D eigenvalue weighted by molar-refractivity contribution is 0.0974. The van der Waals surface area contributed by atoms with E-state index in [1.54, 1.807) is 24.1 Å². The molecule has 1 atom stereocenters. The minimum Gasteiger partial charge on any atom is -0.496 e. The Hall–Kier alpha value is -4.12. The maximum atomic E-state index is 13.7. The molecule has 1 aromatic heterocycles. The number of pyridine rings is 1. The zero-order valence-corrected chi connectivity index (χ0v) is 18.3. The second-order valence-electron chi connectivity index (χ2n) is 8.08.